The Morgan fingerprint density at radius 2 is 1.86 bits per heavy atom. The molecular formula is C17H26FN3. The van der Waals surface area contributed by atoms with Gasteiger partial charge in [-0.1, -0.05) is 32.9 Å². The summed E-state index contributed by atoms with van der Waals surface area (Å²) in [5.41, 5.74) is 7.04. The minimum atomic E-state index is -0.208. The van der Waals surface area contributed by atoms with E-state index < -0.39 is 0 Å². The van der Waals surface area contributed by atoms with Crippen molar-refractivity contribution in [2.24, 2.45) is 16.6 Å². The van der Waals surface area contributed by atoms with Crippen LogP contribution in [0.1, 0.15) is 39.2 Å². The van der Waals surface area contributed by atoms with E-state index in [-0.39, 0.29) is 11.2 Å². The first-order valence-corrected chi connectivity index (χ1v) is 7.69. The van der Waals surface area contributed by atoms with Crippen molar-refractivity contribution in [3.8, 4) is 0 Å². The molecule has 21 heavy (non-hydrogen) atoms. The first kappa shape index (κ1) is 15.8. The van der Waals surface area contributed by atoms with Crippen molar-refractivity contribution in [2.45, 2.75) is 39.0 Å². The van der Waals surface area contributed by atoms with Crippen LogP contribution in [0.4, 0.5) is 4.39 Å². The number of halogens is 1. The van der Waals surface area contributed by atoms with Crippen molar-refractivity contribution in [2.75, 3.05) is 19.6 Å². The number of aliphatic imine (C=N–C) groups is 1. The van der Waals surface area contributed by atoms with E-state index in [2.05, 4.69) is 30.7 Å². The van der Waals surface area contributed by atoms with E-state index >= 15 is 0 Å². The number of hydrogen-bond acceptors (Lipinski definition) is 1. The van der Waals surface area contributed by atoms with Crippen LogP contribution in [0, 0.1) is 11.7 Å². The summed E-state index contributed by atoms with van der Waals surface area (Å²) in [6.45, 7) is 9.09. The van der Waals surface area contributed by atoms with Gasteiger partial charge in [-0.15, -0.1) is 0 Å². The van der Waals surface area contributed by atoms with Crippen molar-refractivity contribution in [1.29, 1.82) is 0 Å². The van der Waals surface area contributed by atoms with E-state index in [1.807, 2.05) is 12.1 Å². The molecule has 1 aromatic carbocycles. The Labute approximate surface area is 127 Å². The number of likely N-dealkylation sites (tertiary alicyclic amines) is 1. The van der Waals surface area contributed by atoms with Crippen LogP contribution in [0.3, 0.4) is 0 Å². The molecule has 1 aliphatic heterocycles. The fraction of sp³-hybridized carbons (Fsp3) is 0.588. The van der Waals surface area contributed by atoms with Crippen LogP contribution >= 0.6 is 0 Å². The Kier molecular flexibility index (Phi) is 4.86. The van der Waals surface area contributed by atoms with Crippen LogP contribution in [0.25, 0.3) is 0 Å². The lowest BCUT2D eigenvalue weighted by atomic mass is 9.85. The monoisotopic (exact) mass is 291 g/mol. The Bertz CT molecular complexity index is 485. The lowest BCUT2D eigenvalue weighted by molar-refractivity contribution is 0.277. The SMILES string of the molecule is CC1CCN(C(N)=NCC(C)(C)c2ccc(F)cc2)CC1. The molecule has 0 bridgehead atoms. The van der Waals surface area contributed by atoms with E-state index in [9.17, 15) is 4.39 Å². The zero-order valence-corrected chi connectivity index (χ0v) is 13.3. The maximum atomic E-state index is 13.0. The summed E-state index contributed by atoms with van der Waals surface area (Å²) in [5, 5.41) is 0. The molecule has 0 spiro atoms. The summed E-state index contributed by atoms with van der Waals surface area (Å²) in [7, 11) is 0. The van der Waals surface area contributed by atoms with E-state index in [1.165, 1.54) is 25.0 Å². The Morgan fingerprint density at radius 3 is 2.43 bits per heavy atom. The van der Waals surface area contributed by atoms with Gasteiger partial charge in [0.2, 0.25) is 0 Å². The average molecular weight is 291 g/mol. The zero-order chi connectivity index (χ0) is 15.5. The number of nitrogens with two attached hydrogens (primary N) is 1. The van der Waals surface area contributed by atoms with Crippen molar-refractivity contribution < 1.29 is 4.39 Å². The van der Waals surface area contributed by atoms with Gasteiger partial charge in [0, 0.05) is 18.5 Å². The van der Waals surface area contributed by atoms with E-state index in [0.717, 1.165) is 24.6 Å². The van der Waals surface area contributed by atoms with Crippen LogP contribution in [0.2, 0.25) is 0 Å². The highest BCUT2D eigenvalue weighted by Crippen LogP contribution is 2.24. The molecule has 1 saturated heterocycles. The fourth-order valence-electron chi connectivity index (χ4n) is 2.61. The maximum absolute atomic E-state index is 13.0. The summed E-state index contributed by atoms with van der Waals surface area (Å²) in [6, 6.07) is 6.64. The highest BCUT2D eigenvalue weighted by atomic mass is 19.1. The Morgan fingerprint density at radius 1 is 1.29 bits per heavy atom. The van der Waals surface area contributed by atoms with E-state index in [0.29, 0.717) is 12.5 Å². The average Bonchev–Trinajstić information content (AvgIpc) is 2.46. The van der Waals surface area contributed by atoms with Gasteiger partial charge in [0.05, 0.1) is 6.54 Å². The fourth-order valence-corrected chi connectivity index (χ4v) is 2.61. The molecule has 4 heteroatoms. The third kappa shape index (κ3) is 4.19. The van der Waals surface area contributed by atoms with Gasteiger partial charge < -0.3 is 10.6 Å². The van der Waals surface area contributed by atoms with Gasteiger partial charge in [-0.05, 0) is 36.5 Å². The number of nitrogens with zero attached hydrogens (tertiary/aromatic N) is 2. The molecule has 0 unspecified atom stereocenters. The molecule has 1 fully saturated rings. The molecule has 2 N–H and O–H groups in total. The Balaban J connectivity index is 1.99. The first-order valence-electron chi connectivity index (χ1n) is 7.69. The lowest BCUT2D eigenvalue weighted by Crippen LogP contribution is -2.43. The molecule has 0 saturated carbocycles. The van der Waals surface area contributed by atoms with Crippen molar-refractivity contribution in [3.05, 3.63) is 35.6 Å². The number of benzene rings is 1. The second-order valence-electron chi connectivity index (χ2n) is 6.73. The van der Waals surface area contributed by atoms with Crippen LogP contribution < -0.4 is 5.73 Å². The lowest BCUT2D eigenvalue weighted by Gasteiger charge is -2.32. The summed E-state index contributed by atoms with van der Waals surface area (Å²) in [5.74, 6) is 1.21. The maximum Gasteiger partial charge on any atom is 0.191 e. The van der Waals surface area contributed by atoms with Gasteiger partial charge in [-0.25, -0.2) is 4.39 Å². The van der Waals surface area contributed by atoms with E-state index in [1.54, 1.807) is 0 Å². The van der Waals surface area contributed by atoms with Crippen LogP contribution in [0.15, 0.2) is 29.3 Å². The molecule has 3 nitrogen and oxygen atoms in total. The highest BCUT2D eigenvalue weighted by molar-refractivity contribution is 5.78. The molecular weight excluding hydrogens is 265 g/mol. The summed E-state index contributed by atoms with van der Waals surface area (Å²) in [4.78, 5) is 6.74. The minimum absolute atomic E-state index is 0.151. The second kappa shape index (κ2) is 6.46. The van der Waals surface area contributed by atoms with Crippen LogP contribution in [-0.2, 0) is 5.41 Å². The number of piperidine rings is 1. The van der Waals surface area contributed by atoms with Crippen LogP contribution in [-0.4, -0.2) is 30.5 Å². The number of hydrogen-bond donors (Lipinski definition) is 1. The van der Waals surface area contributed by atoms with E-state index in [4.69, 9.17) is 5.73 Å². The van der Waals surface area contributed by atoms with Crippen molar-refractivity contribution in [1.82, 2.24) is 4.90 Å². The molecule has 0 amide bonds. The van der Waals surface area contributed by atoms with Crippen LogP contribution in [0.5, 0.6) is 0 Å². The van der Waals surface area contributed by atoms with Gasteiger partial charge in [0.1, 0.15) is 5.82 Å². The Hall–Kier alpha value is -1.58. The van der Waals surface area contributed by atoms with Crippen molar-refractivity contribution in [3.63, 3.8) is 0 Å². The number of guanidine groups is 1. The third-order valence-corrected chi connectivity index (χ3v) is 4.37. The molecule has 0 radical (unpaired) electrons. The predicted molar refractivity (Wildman–Crippen MR) is 85.9 cm³/mol. The molecule has 1 heterocycles. The topological polar surface area (TPSA) is 41.6 Å². The molecule has 0 atom stereocenters. The molecule has 1 aliphatic rings. The molecule has 2 rings (SSSR count). The molecule has 1 aromatic rings. The molecule has 0 aromatic heterocycles. The predicted octanol–water partition coefficient (Wildman–Crippen LogP) is 3.15. The smallest absolute Gasteiger partial charge is 0.191 e. The summed E-state index contributed by atoms with van der Waals surface area (Å²) < 4.78 is 13.0. The highest BCUT2D eigenvalue weighted by Gasteiger charge is 2.22. The van der Waals surface area contributed by atoms with Gasteiger partial charge in [-0.3, -0.25) is 4.99 Å². The van der Waals surface area contributed by atoms with Gasteiger partial charge in [-0.2, -0.15) is 0 Å². The zero-order valence-electron chi connectivity index (χ0n) is 13.3. The summed E-state index contributed by atoms with van der Waals surface area (Å²) >= 11 is 0. The van der Waals surface area contributed by atoms with Gasteiger partial charge in [0.25, 0.3) is 0 Å². The normalized spacial score (nSPS) is 18.1. The third-order valence-electron chi connectivity index (χ3n) is 4.37. The van der Waals surface area contributed by atoms with Crippen molar-refractivity contribution >= 4 is 5.96 Å². The first-order chi connectivity index (χ1) is 9.88. The quantitative estimate of drug-likeness (QED) is 0.686. The standard InChI is InChI=1S/C17H26FN3/c1-13-8-10-21(11-9-13)16(19)20-12-17(2,3)14-4-6-15(18)7-5-14/h4-7,13H,8-12H2,1-3H3,(H2,19,20). The molecule has 0 aliphatic carbocycles. The summed E-state index contributed by atoms with van der Waals surface area (Å²) in [6.07, 6.45) is 2.36. The largest absolute Gasteiger partial charge is 0.370 e. The van der Waals surface area contributed by atoms with Gasteiger partial charge in [0.15, 0.2) is 5.96 Å². The number of rotatable bonds is 3. The minimum Gasteiger partial charge on any atom is -0.370 e. The molecule has 116 valence electrons. The second-order valence-corrected chi connectivity index (χ2v) is 6.73. The van der Waals surface area contributed by atoms with Gasteiger partial charge >= 0.3 is 0 Å².